The van der Waals surface area contributed by atoms with Crippen molar-refractivity contribution in [3.05, 3.63) is 22.2 Å². The molecule has 4 heteroatoms. The van der Waals surface area contributed by atoms with E-state index in [2.05, 4.69) is 20.9 Å². The Bertz CT molecular complexity index is 282. The molecule has 0 spiro atoms. The number of nitrogens with zero attached hydrogens (tertiary/aromatic N) is 1. The molecule has 1 aromatic heterocycles. The highest BCUT2D eigenvalue weighted by Crippen LogP contribution is 2.10. The molecule has 0 radical (unpaired) electrons. The van der Waals surface area contributed by atoms with Gasteiger partial charge in [0.15, 0.2) is 6.29 Å². The molecule has 0 fully saturated rings. The number of halogens is 1. The SMILES string of the molecule is O=Cc1csc(C=CCCBr)n1. The summed E-state index contributed by atoms with van der Waals surface area (Å²) in [6.07, 6.45) is 5.70. The summed E-state index contributed by atoms with van der Waals surface area (Å²) in [5.41, 5.74) is 0.512. The zero-order valence-corrected chi connectivity index (χ0v) is 8.77. The van der Waals surface area contributed by atoms with Gasteiger partial charge in [-0.25, -0.2) is 4.98 Å². The average Bonchev–Trinajstić information content (AvgIpc) is 2.53. The number of carbonyl (C=O) groups is 1. The van der Waals surface area contributed by atoms with Gasteiger partial charge in [0.1, 0.15) is 10.7 Å². The molecule has 0 aliphatic carbocycles. The van der Waals surface area contributed by atoms with Gasteiger partial charge in [0, 0.05) is 10.7 Å². The highest BCUT2D eigenvalue weighted by Gasteiger charge is 1.95. The first-order valence-electron chi connectivity index (χ1n) is 3.50. The molecule has 1 aromatic rings. The molecular weight excluding hydrogens is 238 g/mol. The zero-order valence-electron chi connectivity index (χ0n) is 6.37. The van der Waals surface area contributed by atoms with Crippen LogP contribution in [0.2, 0.25) is 0 Å². The smallest absolute Gasteiger partial charge is 0.169 e. The van der Waals surface area contributed by atoms with Crippen molar-refractivity contribution in [2.45, 2.75) is 6.42 Å². The molecule has 0 aliphatic rings. The number of alkyl halides is 1. The average molecular weight is 246 g/mol. The Kier molecular flexibility index (Phi) is 4.18. The highest BCUT2D eigenvalue weighted by molar-refractivity contribution is 9.09. The second-order valence-corrected chi connectivity index (χ2v) is 3.79. The molecule has 0 N–H and O–H groups in total. The number of rotatable bonds is 4. The van der Waals surface area contributed by atoms with Gasteiger partial charge in [-0.1, -0.05) is 22.0 Å². The summed E-state index contributed by atoms with van der Waals surface area (Å²) in [6, 6.07) is 0. The number of aromatic nitrogens is 1. The van der Waals surface area contributed by atoms with Crippen LogP contribution in [0.1, 0.15) is 21.9 Å². The number of allylic oxidation sites excluding steroid dienone is 1. The molecule has 0 atom stereocenters. The number of carbonyl (C=O) groups excluding carboxylic acids is 1. The Hall–Kier alpha value is -0.480. The van der Waals surface area contributed by atoms with E-state index < -0.39 is 0 Å². The quantitative estimate of drug-likeness (QED) is 0.604. The van der Waals surface area contributed by atoms with Gasteiger partial charge < -0.3 is 0 Å². The van der Waals surface area contributed by atoms with Crippen LogP contribution in [0.15, 0.2) is 11.5 Å². The van der Waals surface area contributed by atoms with Crippen molar-refractivity contribution in [2.75, 3.05) is 5.33 Å². The van der Waals surface area contributed by atoms with Crippen molar-refractivity contribution >= 4 is 39.6 Å². The minimum atomic E-state index is 0.512. The van der Waals surface area contributed by atoms with Crippen LogP contribution in [0.4, 0.5) is 0 Å². The Labute approximate surface area is 83.5 Å². The lowest BCUT2D eigenvalue weighted by molar-refractivity contribution is 0.111. The minimum absolute atomic E-state index is 0.512. The summed E-state index contributed by atoms with van der Waals surface area (Å²) in [5.74, 6) is 0. The Balaban J connectivity index is 2.57. The molecule has 0 aromatic carbocycles. The molecule has 12 heavy (non-hydrogen) atoms. The topological polar surface area (TPSA) is 30.0 Å². The predicted octanol–water partition coefficient (Wildman–Crippen LogP) is 2.75. The monoisotopic (exact) mass is 245 g/mol. The van der Waals surface area contributed by atoms with E-state index in [4.69, 9.17) is 0 Å². The Morgan fingerprint density at radius 1 is 1.67 bits per heavy atom. The fourth-order valence-corrected chi connectivity index (χ4v) is 1.63. The van der Waals surface area contributed by atoms with Gasteiger partial charge in [-0.3, -0.25) is 4.79 Å². The summed E-state index contributed by atoms with van der Waals surface area (Å²) in [4.78, 5) is 14.3. The summed E-state index contributed by atoms with van der Waals surface area (Å²) >= 11 is 4.80. The molecule has 2 nitrogen and oxygen atoms in total. The van der Waals surface area contributed by atoms with E-state index in [0.29, 0.717) is 5.69 Å². The maximum Gasteiger partial charge on any atom is 0.169 e. The van der Waals surface area contributed by atoms with Gasteiger partial charge in [-0.15, -0.1) is 11.3 Å². The maximum atomic E-state index is 10.3. The molecular formula is C8H8BrNOS. The molecule has 0 unspecified atom stereocenters. The largest absolute Gasteiger partial charge is 0.296 e. The third kappa shape index (κ3) is 2.87. The van der Waals surface area contributed by atoms with E-state index >= 15 is 0 Å². The first-order valence-corrected chi connectivity index (χ1v) is 5.50. The van der Waals surface area contributed by atoms with Crippen molar-refractivity contribution in [1.29, 1.82) is 0 Å². The number of aldehydes is 1. The van der Waals surface area contributed by atoms with Gasteiger partial charge >= 0.3 is 0 Å². The second kappa shape index (κ2) is 5.22. The van der Waals surface area contributed by atoms with Gasteiger partial charge in [0.2, 0.25) is 0 Å². The van der Waals surface area contributed by atoms with E-state index in [1.807, 2.05) is 12.2 Å². The van der Waals surface area contributed by atoms with E-state index in [-0.39, 0.29) is 0 Å². The Morgan fingerprint density at radius 2 is 2.50 bits per heavy atom. The number of hydrogen-bond acceptors (Lipinski definition) is 3. The van der Waals surface area contributed by atoms with E-state index in [9.17, 15) is 4.79 Å². The van der Waals surface area contributed by atoms with E-state index in [1.54, 1.807) is 5.38 Å². The van der Waals surface area contributed by atoms with Crippen molar-refractivity contribution in [3.8, 4) is 0 Å². The van der Waals surface area contributed by atoms with Gasteiger partial charge in [0.25, 0.3) is 0 Å². The number of thiazole rings is 1. The molecule has 0 amide bonds. The molecule has 0 saturated carbocycles. The normalized spacial score (nSPS) is 10.8. The summed E-state index contributed by atoms with van der Waals surface area (Å²) in [6.45, 7) is 0. The standard InChI is InChI=1S/C8H8BrNOS/c9-4-2-1-3-8-10-7(5-11)6-12-8/h1,3,5-6H,2,4H2. The van der Waals surface area contributed by atoms with Crippen LogP contribution in [0.25, 0.3) is 6.08 Å². The van der Waals surface area contributed by atoms with Crippen LogP contribution in [-0.2, 0) is 0 Å². The van der Waals surface area contributed by atoms with Gasteiger partial charge in [0.05, 0.1) is 0 Å². The minimum Gasteiger partial charge on any atom is -0.296 e. The summed E-state index contributed by atoms with van der Waals surface area (Å²) < 4.78 is 0. The lowest BCUT2D eigenvalue weighted by Crippen LogP contribution is -1.77. The summed E-state index contributed by atoms with van der Waals surface area (Å²) in [7, 11) is 0. The van der Waals surface area contributed by atoms with E-state index in [0.717, 1.165) is 23.0 Å². The Morgan fingerprint density at radius 3 is 3.08 bits per heavy atom. The fourth-order valence-electron chi connectivity index (χ4n) is 0.679. The fraction of sp³-hybridized carbons (Fsp3) is 0.250. The molecule has 0 saturated heterocycles. The molecule has 0 bridgehead atoms. The lowest BCUT2D eigenvalue weighted by Gasteiger charge is -1.81. The highest BCUT2D eigenvalue weighted by atomic mass is 79.9. The summed E-state index contributed by atoms with van der Waals surface area (Å²) in [5, 5.41) is 3.59. The molecule has 1 rings (SSSR count). The van der Waals surface area contributed by atoms with Crippen LogP contribution >= 0.6 is 27.3 Å². The number of hydrogen-bond donors (Lipinski definition) is 0. The van der Waals surface area contributed by atoms with Crippen LogP contribution in [-0.4, -0.2) is 16.6 Å². The van der Waals surface area contributed by atoms with Crippen LogP contribution in [0, 0.1) is 0 Å². The van der Waals surface area contributed by atoms with Crippen molar-refractivity contribution in [2.24, 2.45) is 0 Å². The first kappa shape index (κ1) is 9.61. The second-order valence-electron chi connectivity index (χ2n) is 2.11. The van der Waals surface area contributed by atoms with Crippen LogP contribution in [0.5, 0.6) is 0 Å². The van der Waals surface area contributed by atoms with E-state index in [1.165, 1.54) is 11.3 Å². The van der Waals surface area contributed by atoms with Crippen molar-refractivity contribution < 1.29 is 4.79 Å². The molecule has 1 heterocycles. The lowest BCUT2D eigenvalue weighted by atomic mass is 10.4. The van der Waals surface area contributed by atoms with Crippen LogP contribution < -0.4 is 0 Å². The molecule has 0 aliphatic heterocycles. The van der Waals surface area contributed by atoms with Gasteiger partial charge in [-0.2, -0.15) is 0 Å². The maximum absolute atomic E-state index is 10.3. The molecule has 64 valence electrons. The van der Waals surface area contributed by atoms with Crippen molar-refractivity contribution in [1.82, 2.24) is 4.98 Å². The third-order valence-electron chi connectivity index (χ3n) is 1.20. The third-order valence-corrected chi connectivity index (χ3v) is 2.48. The van der Waals surface area contributed by atoms with Crippen molar-refractivity contribution in [3.63, 3.8) is 0 Å². The first-order chi connectivity index (χ1) is 5.86. The van der Waals surface area contributed by atoms with Crippen LogP contribution in [0.3, 0.4) is 0 Å². The predicted molar refractivity (Wildman–Crippen MR) is 54.9 cm³/mol. The van der Waals surface area contributed by atoms with Gasteiger partial charge in [-0.05, 0) is 12.5 Å². The zero-order chi connectivity index (χ0) is 8.81.